The number of rotatable bonds is 8. The normalized spacial score (nSPS) is 16.2. The van der Waals surface area contributed by atoms with Crippen molar-refractivity contribution in [2.45, 2.75) is 31.8 Å². The van der Waals surface area contributed by atoms with Crippen molar-refractivity contribution in [3.8, 4) is 0 Å². The van der Waals surface area contributed by atoms with Crippen molar-refractivity contribution in [3.05, 3.63) is 18.2 Å². The molecule has 0 radical (unpaired) electrons. The van der Waals surface area contributed by atoms with Crippen LogP contribution < -0.4 is 5.32 Å². The van der Waals surface area contributed by atoms with Gasteiger partial charge in [-0.3, -0.25) is 0 Å². The highest BCUT2D eigenvalue weighted by molar-refractivity contribution is 7.89. The first-order chi connectivity index (χ1) is 8.99. The summed E-state index contributed by atoms with van der Waals surface area (Å²) in [6, 6.07) is 0.632. The molecule has 1 aliphatic carbocycles. The van der Waals surface area contributed by atoms with Gasteiger partial charge in [-0.15, -0.1) is 0 Å². The third kappa shape index (κ3) is 4.29. The smallest absolute Gasteiger partial charge is 0.214 e. The summed E-state index contributed by atoms with van der Waals surface area (Å²) in [5, 5.41) is 3.32. The molecule has 1 N–H and O–H groups in total. The predicted octanol–water partition coefficient (Wildman–Crippen LogP) is 0.324. The lowest BCUT2D eigenvalue weighted by Crippen LogP contribution is -2.31. The SMILES string of the molecule is CN(Cc1nccn1C)S(=O)(=O)CCCNC1CC1. The van der Waals surface area contributed by atoms with Crippen LogP contribution in [0.4, 0.5) is 0 Å². The van der Waals surface area contributed by atoms with Crippen LogP contribution in [0.25, 0.3) is 0 Å². The Balaban J connectivity index is 1.78. The van der Waals surface area contributed by atoms with E-state index in [-0.39, 0.29) is 5.75 Å². The molecule has 1 aromatic heterocycles. The van der Waals surface area contributed by atoms with Crippen molar-refractivity contribution in [2.75, 3.05) is 19.3 Å². The third-order valence-electron chi connectivity index (χ3n) is 3.35. The Morgan fingerprint density at radius 2 is 2.26 bits per heavy atom. The summed E-state index contributed by atoms with van der Waals surface area (Å²) >= 11 is 0. The van der Waals surface area contributed by atoms with E-state index in [9.17, 15) is 8.42 Å². The molecule has 1 saturated carbocycles. The highest BCUT2D eigenvalue weighted by atomic mass is 32.2. The molecule has 2 rings (SSSR count). The van der Waals surface area contributed by atoms with Gasteiger partial charge in [0, 0.05) is 32.5 Å². The quantitative estimate of drug-likeness (QED) is 0.699. The first-order valence-corrected chi connectivity index (χ1v) is 8.23. The van der Waals surface area contributed by atoms with Crippen LogP contribution in [0.2, 0.25) is 0 Å². The van der Waals surface area contributed by atoms with Crippen LogP contribution in [0.5, 0.6) is 0 Å². The monoisotopic (exact) mass is 286 g/mol. The Hall–Kier alpha value is -0.920. The fourth-order valence-corrected chi connectivity index (χ4v) is 2.98. The zero-order valence-electron chi connectivity index (χ0n) is 11.5. The molecule has 0 aliphatic heterocycles. The zero-order valence-corrected chi connectivity index (χ0v) is 12.4. The van der Waals surface area contributed by atoms with Crippen LogP contribution in [0, 0.1) is 0 Å². The van der Waals surface area contributed by atoms with Crippen LogP contribution in [0.15, 0.2) is 12.4 Å². The van der Waals surface area contributed by atoms with Gasteiger partial charge in [-0.1, -0.05) is 0 Å². The van der Waals surface area contributed by atoms with E-state index in [2.05, 4.69) is 10.3 Å². The minimum atomic E-state index is -3.19. The van der Waals surface area contributed by atoms with Crippen LogP contribution in [0.1, 0.15) is 25.1 Å². The second kappa shape index (κ2) is 6.02. The number of imidazole rings is 1. The summed E-state index contributed by atoms with van der Waals surface area (Å²) in [5.41, 5.74) is 0. The summed E-state index contributed by atoms with van der Waals surface area (Å²) in [5.74, 6) is 0.940. The summed E-state index contributed by atoms with van der Waals surface area (Å²) in [6.07, 6.45) is 6.60. The van der Waals surface area contributed by atoms with Gasteiger partial charge in [0.2, 0.25) is 10.0 Å². The Kier molecular flexibility index (Phi) is 4.59. The number of aryl methyl sites for hydroxylation is 1. The highest BCUT2D eigenvalue weighted by Crippen LogP contribution is 2.18. The average Bonchev–Trinajstić information content (AvgIpc) is 3.10. The molecule has 0 bridgehead atoms. The maximum Gasteiger partial charge on any atom is 0.214 e. The lowest BCUT2D eigenvalue weighted by atomic mass is 10.5. The molecule has 0 aromatic carbocycles. The number of nitrogens with zero attached hydrogens (tertiary/aromatic N) is 3. The van der Waals surface area contributed by atoms with Gasteiger partial charge in [0.15, 0.2) is 0 Å². The summed E-state index contributed by atoms with van der Waals surface area (Å²) < 4.78 is 27.4. The number of sulfonamides is 1. The lowest BCUT2D eigenvalue weighted by molar-refractivity contribution is 0.449. The standard InChI is InChI=1S/C12H22N4O2S/c1-15-8-7-14-12(15)10-16(2)19(17,18)9-3-6-13-11-4-5-11/h7-8,11,13H,3-6,9-10H2,1-2H3. The van der Waals surface area contributed by atoms with Crippen LogP contribution in [-0.4, -0.2) is 47.7 Å². The summed E-state index contributed by atoms with van der Waals surface area (Å²) in [4.78, 5) is 4.14. The van der Waals surface area contributed by atoms with E-state index in [0.717, 1.165) is 12.4 Å². The van der Waals surface area contributed by atoms with E-state index in [1.165, 1.54) is 17.1 Å². The minimum absolute atomic E-state index is 0.188. The molecular formula is C12H22N4O2S. The van der Waals surface area contributed by atoms with Gasteiger partial charge in [0.1, 0.15) is 5.82 Å². The molecule has 0 saturated heterocycles. The summed E-state index contributed by atoms with van der Waals surface area (Å²) in [7, 11) is 0.282. The molecule has 0 atom stereocenters. The second-order valence-electron chi connectivity index (χ2n) is 5.11. The number of aromatic nitrogens is 2. The lowest BCUT2D eigenvalue weighted by Gasteiger charge is -2.16. The van der Waals surface area contributed by atoms with E-state index < -0.39 is 10.0 Å². The second-order valence-corrected chi connectivity index (χ2v) is 7.30. The first kappa shape index (κ1) is 14.5. The fraction of sp³-hybridized carbons (Fsp3) is 0.750. The van der Waals surface area contributed by atoms with E-state index in [1.807, 2.05) is 17.8 Å². The van der Waals surface area contributed by atoms with Gasteiger partial charge in [-0.25, -0.2) is 13.4 Å². The Morgan fingerprint density at radius 3 is 2.84 bits per heavy atom. The molecule has 19 heavy (non-hydrogen) atoms. The van der Waals surface area contributed by atoms with E-state index >= 15 is 0 Å². The fourth-order valence-electron chi connectivity index (χ4n) is 1.85. The van der Waals surface area contributed by atoms with Gasteiger partial charge < -0.3 is 9.88 Å². The largest absolute Gasteiger partial charge is 0.337 e. The zero-order chi connectivity index (χ0) is 13.9. The minimum Gasteiger partial charge on any atom is -0.337 e. The molecule has 0 spiro atoms. The van der Waals surface area contributed by atoms with Gasteiger partial charge >= 0.3 is 0 Å². The first-order valence-electron chi connectivity index (χ1n) is 6.62. The molecule has 7 heteroatoms. The molecule has 0 amide bonds. The molecular weight excluding hydrogens is 264 g/mol. The molecule has 6 nitrogen and oxygen atoms in total. The Labute approximate surface area is 114 Å². The molecule has 0 unspecified atom stereocenters. The van der Waals surface area contributed by atoms with E-state index in [0.29, 0.717) is 19.0 Å². The molecule has 108 valence electrons. The number of nitrogens with one attached hydrogen (secondary N) is 1. The molecule has 1 heterocycles. The van der Waals surface area contributed by atoms with Gasteiger partial charge in [-0.05, 0) is 25.8 Å². The van der Waals surface area contributed by atoms with Gasteiger partial charge in [0.25, 0.3) is 0 Å². The van der Waals surface area contributed by atoms with Gasteiger partial charge in [0.05, 0.1) is 12.3 Å². The molecule has 1 aliphatic rings. The Bertz CT molecular complexity index is 508. The Morgan fingerprint density at radius 1 is 1.53 bits per heavy atom. The average molecular weight is 286 g/mol. The number of hydrogen-bond donors (Lipinski definition) is 1. The maximum absolute atomic E-state index is 12.1. The van der Waals surface area contributed by atoms with Crippen LogP contribution in [-0.2, 0) is 23.6 Å². The van der Waals surface area contributed by atoms with E-state index in [4.69, 9.17) is 0 Å². The predicted molar refractivity (Wildman–Crippen MR) is 74.1 cm³/mol. The van der Waals surface area contributed by atoms with Crippen molar-refractivity contribution in [3.63, 3.8) is 0 Å². The van der Waals surface area contributed by atoms with Gasteiger partial charge in [-0.2, -0.15) is 4.31 Å². The van der Waals surface area contributed by atoms with E-state index in [1.54, 1.807) is 13.2 Å². The number of hydrogen-bond acceptors (Lipinski definition) is 4. The summed E-state index contributed by atoms with van der Waals surface area (Å²) in [6.45, 7) is 1.10. The van der Waals surface area contributed by atoms with Crippen molar-refractivity contribution >= 4 is 10.0 Å². The van der Waals surface area contributed by atoms with Crippen molar-refractivity contribution in [1.82, 2.24) is 19.2 Å². The maximum atomic E-state index is 12.1. The third-order valence-corrected chi connectivity index (χ3v) is 5.23. The van der Waals surface area contributed by atoms with Crippen LogP contribution in [0.3, 0.4) is 0 Å². The molecule has 1 fully saturated rings. The van der Waals surface area contributed by atoms with Crippen molar-refractivity contribution < 1.29 is 8.42 Å². The van der Waals surface area contributed by atoms with Crippen molar-refractivity contribution in [2.24, 2.45) is 7.05 Å². The highest BCUT2D eigenvalue weighted by Gasteiger charge is 2.22. The van der Waals surface area contributed by atoms with Crippen LogP contribution >= 0.6 is 0 Å². The molecule has 1 aromatic rings. The topological polar surface area (TPSA) is 67.2 Å². The van der Waals surface area contributed by atoms with Crippen molar-refractivity contribution in [1.29, 1.82) is 0 Å².